The maximum atomic E-state index is 13.3. The lowest BCUT2D eigenvalue weighted by Crippen LogP contribution is -2.54. The average molecular weight is 780 g/mol. The van der Waals surface area contributed by atoms with Crippen molar-refractivity contribution in [2.24, 2.45) is 0 Å². The van der Waals surface area contributed by atoms with Gasteiger partial charge in [-0.3, -0.25) is 39.2 Å². The van der Waals surface area contributed by atoms with Crippen LogP contribution in [0, 0.1) is 0 Å². The van der Waals surface area contributed by atoms with E-state index in [0.29, 0.717) is 24.6 Å². The first kappa shape index (κ1) is 39.1. The average Bonchev–Trinajstić information content (AvgIpc) is 3.51. The number of carbonyl (C=O) groups is 4. The van der Waals surface area contributed by atoms with Crippen LogP contribution in [0.2, 0.25) is 0 Å². The summed E-state index contributed by atoms with van der Waals surface area (Å²) in [5, 5.41) is 11.3. The van der Waals surface area contributed by atoms with Gasteiger partial charge in [-0.1, -0.05) is 61.5 Å². The molecular formula is C45H48BN6O6. The number of benzene rings is 4. The van der Waals surface area contributed by atoms with Crippen molar-refractivity contribution in [3.63, 3.8) is 0 Å². The molecular weight excluding hydrogens is 731 g/mol. The summed E-state index contributed by atoms with van der Waals surface area (Å²) in [6, 6.07) is 31.7. The minimum absolute atomic E-state index is 0.0982. The molecule has 1 unspecified atom stereocenters. The van der Waals surface area contributed by atoms with Crippen molar-refractivity contribution in [1.82, 2.24) is 20.0 Å². The maximum absolute atomic E-state index is 13.3. The Labute approximate surface area is 340 Å². The number of allylic oxidation sites excluding steroid dienone is 1. The fourth-order valence-electron chi connectivity index (χ4n) is 8.68. The van der Waals surface area contributed by atoms with Gasteiger partial charge in [0.15, 0.2) is 0 Å². The van der Waals surface area contributed by atoms with Gasteiger partial charge in [-0.25, -0.2) is 0 Å². The third-order valence-corrected chi connectivity index (χ3v) is 11.9. The highest BCUT2D eigenvalue weighted by Gasteiger charge is 2.44. The predicted octanol–water partition coefficient (Wildman–Crippen LogP) is 4.31. The third-order valence-electron chi connectivity index (χ3n) is 11.9. The zero-order chi connectivity index (χ0) is 40.2. The number of nitrogens with one attached hydrogen (secondary N) is 1. The van der Waals surface area contributed by atoms with Crippen LogP contribution in [-0.2, 0) is 9.59 Å². The summed E-state index contributed by atoms with van der Waals surface area (Å²) in [5.41, 5.74) is 8.63. The van der Waals surface area contributed by atoms with Crippen LogP contribution in [0.15, 0.2) is 97.1 Å². The van der Waals surface area contributed by atoms with Gasteiger partial charge in [0.25, 0.3) is 11.8 Å². The topological polar surface area (TPSA) is 126 Å². The number of nitrogens with zero attached hydrogens (tertiary/aromatic N) is 5. The van der Waals surface area contributed by atoms with E-state index >= 15 is 0 Å². The fraction of sp³-hybridized carbons (Fsp3) is 0.333. The molecule has 1 radical (unpaired) electrons. The van der Waals surface area contributed by atoms with Gasteiger partial charge in [-0.15, -0.1) is 0 Å². The number of rotatable bonds is 12. The molecule has 0 bridgehead atoms. The van der Waals surface area contributed by atoms with Crippen molar-refractivity contribution in [1.29, 1.82) is 0 Å². The molecule has 4 aliphatic rings. The van der Waals surface area contributed by atoms with Gasteiger partial charge in [0, 0.05) is 83.2 Å². The molecule has 4 amide bonds. The van der Waals surface area contributed by atoms with Crippen LogP contribution in [0.3, 0.4) is 0 Å². The van der Waals surface area contributed by atoms with E-state index in [1.165, 1.54) is 22.4 Å². The van der Waals surface area contributed by atoms with E-state index < -0.39 is 23.8 Å². The lowest BCUT2D eigenvalue weighted by atomic mass is 9.88. The first-order valence-corrected chi connectivity index (χ1v) is 20.2. The summed E-state index contributed by atoms with van der Waals surface area (Å²) in [5.74, 6) is -1.36. The van der Waals surface area contributed by atoms with Crippen LogP contribution in [0.25, 0.3) is 11.1 Å². The maximum Gasteiger partial charge on any atom is 0.569 e. The summed E-state index contributed by atoms with van der Waals surface area (Å²) in [6.45, 7) is 11.5. The monoisotopic (exact) mass is 779 g/mol. The smallest absolute Gasteiger partial charge is 0.537 e. The molecule has 58 heavy (non-hydrogen) atoms. The lowest BCUT2D eigenvalue weighted by Gasteiger charge is -2.39. The van der Waals surface area contributed by atoms with Crippen molar-refractivity contribution in [3.8, 4) is 5.75 Å². The molecule has 8 rings (SSSR count). The molecule has 2 N–H and O–H groups in total. The summed E-state index contributed by atoms with van der Waals surface area (Å²) in [7, 11) is 0.701. The van der Waals surface area contributed by atoms with Gasteiger partial charge in [-0.05, 0) is 83.1 Å². The Balaban J connectivity index is 0.837. The summed E-state index contributed by atoms with van der Waals surface area (Å²) >= 11 is 0. The summed E-state index contributed by atoms with van der Waals surface area (Å²) < 4.78 is 5.18. The number of hydrogen-bond acceptors (Lipinski definition) is 10. The van der Waals surface area contributed by atoms with Crippen LogP contribution in [0.1, 0.15) is 63.6 Å². The Bertz CT molecular complexity index is 2180. The zero-order valence-electron chi connectivity index (χ0n) is 32.8. The summed E-state index contributed by atoms with van der Waals surface area (Å²) in [6.07, 6.45) is 1.11. The van der Waals surface area contributed by atoms with E-state index in [-0.39, 0.29) is 18.7 Å². The highest BCUT2D eigenvalue weighted by Crippen LogP contribution is 2.36. The molecule has 3 saturated heterocycles. The number of anilines is 2. The number of piperidine rings is 1. The fourth-order valence-corrected chi connectivity index (χ4v) is 8.68. The highest BCUT2D eigenvalue weighted by molar-refractivity contribution is 6.23. The largest absolute Gasteiger partial charge is 0.569 e. The molecule has 0 spiro atoms. The van der Waals surface area contributed by atoms with E-state index in [2.05, 4.69) is 80.4 Å². The van der Waals surface area contributed by atoms with E-state index in [1.807, 2.05) is 36.4 Å². The molecule has 13 heteroatoms. The van der Waals surface area contributed by atoms with Gasteiger partial charge in [0.05, 0.1) is 11.1 Å². The second kappa shape index (κ2) is 17.4. The van der Waals surface area contributed by atoms with E-state index in [1.54, 1.807) is 12.1 Å². The molecule has 0 saturated carbocycles. The number of imide groups is 2. The van der Waals surface area contributed by atoms with Gasteiger partial charge in [0.2, 0.25) is 11.8 Å². The summed E-state index contributed by atoms with van der Waals surface area (Å²) in [4.78, 5) is 61.3. The van der Waals surface area contributed by atoms with Crippen molar-refractivity contribution < 1.29 is 28.9 Å². The van der Waals surface area contributed by atoms with E-state index in [4.69, 9.17) is 9.68 Å². The molecule has 0 aromatic heterocycles. The van der Waals surface area contributed by atoms with Crippen LogP contribution < -0.4 is 19.8 Å². The zero-order valence-corrected chi connectivity index (χ0v) is 32.8. The van der Waals surface area contributed by atoms with Crippen molar-refractivity contribution in [2.45, 2.75) is 32.2 Å². The first-order chi connectivity index (χ1) is 28.3. The van der Waals surface area contributed by atoms with Gasteiger partial charge in [-0.2, -0.15) is 0 Å². The van der Waals surface area contributed by atoms with E-state index in [0.717, 1.165) is 93.6 Å². The number of fused-ring (bicyclic) bond motifs is 1. The van der Waals surface area contributed by atoms with Crippen molar-refractivity contribution in [3.05, 3.63) is 125 Å². The Morgan fingerprint density at radius 1 is 0.690 bits per heavy atom. The molecule has 12 nitrogen and oxygen atoms in total. The molecule has 1 atom stereocenters. The Kier molecular flexibility index (Phi) is 11.7. The predicted molar refractivity (Wildman–Crippen MR) is 225 cm³/mol. The van der Waals surface area contributed by atoms with Crippen LogP contribution in [-0.4, -0.2) is 123 Å². The van der Waals surface area contributed by atoms with Crippen molar-refractivity contribution in [2.75, 3.05) is 75.2 Å². The van der Waals surface area contributed by atoms with Gasteiger partial charge >= 0.3 is 7.69 Å². The van der Waals surface area contributed by atoms with Crippen LogP contribution in [0.5, 0.6) is 5.75 Å². The van der Waals surface area contributed by atoms with Gasteiger partial charge in [0.1, 0.15) is 11.8 Å². The normalized spacial score (nSPS) is 19.6. The molecule has 297 valence electrons. The number of carbonyl (C=O) groups excluding carboxylic acids is 4. The Hall–Kier alpha value is -5.76. The SMILES string of the molecule is CC/C(=C(\c1ccc(O[B]O)cc1)c1ccc(N2CCN(CCN3CCN(c4ccc5c(c4)C(=O)N(C4CCC(=O)NC4=O)C5=O)CC3)CC2)cc1)c1ccccc1. The quantitative estimate of drug-likeness (QED) is 0.122. The Morgan fingerprint density at radius 2 is 1.26 bits per heavy atom. The number of amides is 4. The molecule has 4 heterocycles. The second-order valence-corrected chi connectivity index (χ2v) is 15.2. The van der Waals surface area contributed by atoms with Gasteiger partial charge < -0.3 is 19.5 Å². The second-order valence-electron chi connectivity index (χ2n) is 15.2. The standard InChI is InChI=1S/C45H48BN6O6/c1-2-37(31-6-4-3-5-7-31)42(33-10-15-36(16-11-33)58-46-57)32-8-12-34(13-9-32)50-26-22-48(23-27-50)20-21-49-24-28-51(29-25-49)35-14-17-38-39(30-35)45(56)52(44(38)55)40-18-19-41(53)47-43(40)54/h3-17,30,40,57H,2,18-29H2,1H3,(H,47,53,54)/b42-37+. The minimum atomic E-state index is -0.966. The molecule has 4 aromatic rings. The van der Waals surface area contributed by atoms with Crippen LogP contribution >= 0.6 is 0 Å². The first-order valence-electron chi connectivity index (χ1n) is 20.2. The van der Waals surface area contributed by atoms with Crippen LogP contribution in [0.4, 0.5) is 11.4 Å². The number of piperazine rings is 2. The molecule has 4 aromatic carbocycles. The lowest BCUT2D eigenvalue weighted by molar-refractivity contribution is -0.136. The minimum Gasteiger partial charge on any atom is -0.537 e. The van der Waals surface area contributed by atoms with E-state index in [9.17, 15) is 19.2 Å². The number of hydrogen-bond donors (Lipinski definition) is 2. The molecule has 0 aliphatic carbocycles. The Morgan fingerprint density at radius 3 is 1.84 bits per heavy atom. The molecule has 3 fully saturated rings. The molecule has 4 aliphatic heterocycles. The van der Waals surface area contributed by atoms with Crippen molar-refractivity contribution >= 4 is 53.8 Å². The highest BCUT2D eigenvalue weighted by atomic mass is 16.5. The third kappa shape index (κ3) is 8.15.